The first-order valence-corrected chi connectivity index (χ1v) is 6.39. The average Bonchev–Trinajstić information content (AvgIpc) is 2.82. The van der Waals surface area contributed by atoms with E-state index in [4.69, 9.17) is 11.6 Å². The Balaban J connectivity index is 1.89. The molecule has 0 bridgehead atoms. The molecule has 3 rings (SSSR count). The van der Waals surface area contributed by atoms with Crippen LogP contribution in [0.5, 0.6) is 0 Å². The van der Waals surface area contributed by atoms with E-state index in [0.717, 1.165) is 11.4 Å². The summed E-state index contributed by atoms with van der Waals surface area (Å²) in [7, 11) is 0. The van der Waals surface area contributed by atoms with Crippen LogP contribution in [0.2, 0.25) is 5.02 Å². The van der Waals surface area contributed by atoms with Gasteiger partial charge in [-0.1, -0.05) is 23.7 Å². The Morgan fingerprint density at radius 1 is 1.05 bits per heavy atom. The molecule has 2 heterocycles. The molecule has 2 amide bonds. The highest BCUT2D eigenvalue weighted by Crippen LogP contribution is 2.29. The normalized spacial score (nSPS) is 15.1. The summed E-state index contributed by atoms with van der Waals surface area (Å²) in [6.45, 7) is 1.26. The van der Waals surface area contributed by atoms with Gasteiger partial charge in [0, 0.05) is 19.3 Å². The highest BCUT2D eigenvalue weighted by atomic mass is 35.5. The fourth-order valence-electron chi connectivity index (χ4n) is 2.18. The molecule has 4 nitrogen and oxygen atoms in total. The zero-order valence-corrected chi connectivity index (χ0v) is 10.9. The van der Waals surface area contributed by atoms with E-state index in [2.05, 4.69) is 4.98 Å². The third kappa shape index (κ3) is 2.15. The highest BCUT2D eigenvalue weighted by Gasteiger charge is 2.31. The summed E-state index contributed by atoms with van der Waals surface area (Å²) in [6, 6.07) is 11.0. The van der Waals surface area contributed by atoms with Crippen molar-refractivity contribution in [2.24, 2.45) is 0 Å². The van der Waals surface area contributed by atoms with Crippen molar-refractivity contribution in [1.82, 2.24) is 4.98 Å². The van der Waals surface area contributed by atoms with E-state index in [1.165, 1.54) is 0 Å². The first kappa shape index (κ1) is 12.0. The van der Waals surface area contributed by atoms with E-state index in [0.29, 0.717) is 18.1 Å². The van der Waals surface area contributed by atoms with E-state index in [1.807, 2.05) is 30.3 Å². The second-order valence-electron chi connectivity index (χ2n) is 4.25. The number of nitrogens with zero attached hydrogens (tertiary/aromatic N) is 3. The maximum atomic E-state index is 12.4. The van der Waals surface area contributed by atoms with Crippen LogP contribution < -0.4 is 9.80 Å². The molecule has 0 radical (unpaired) electrons. The number of benzene rings is 1. The van der Waals surface area contributed by atoms with Gasteiger partial charge in [-0.05, 0) is 24.3 Å². The van der Waals surface area contributed by atoms with Gasteiger partial charge in [-0.3, -0.25) is 14.8 Å². The Labute approximate surface area is 116 Å². The molecule has 0 N–H and O–H groups in total. The smallest absolute Gasteiger partial charge is 0.291 e. The van der Waals surface area contributed by atoms with Crippen molar-refractivity contribution in [1.29, 1.82) is 0 Å². The molecule has 1 aliphatic rings. The second kappa shape index (κ2) is 4.90. The summed E-state index contributed by atoms with van der Waals surface area (Å²) >= 11 is 6.14. The summed E-state index contributed by atoms with van der Waals surface area (Å²) in [5.74, 6) is 0. The lowest BCUT2D eigenvalue weighted by Gasteiger charge is -2.19. The molecule has 96 valence electrons. The minimum atomic E-state index is -0.0684. The quantitative estimate of drug-likeness (QED) is 0.843. The first-order valence-electron chi connectivity index (χ1n) is 6.01. The molecular weight excluding hydrogens is 262 g/mol. The minimum absolute atomic E-state index is 0.0684. The van der Waals surface area contributed by atoms with Crippen molar-refractivity contribution in [2.75, 3.05) is 22.9 Å². The minimum Gasteiger partial charge on any atom is -0.291 e. The van der Waals surface area contributed by atoms with Gasteiger partial charge in [0.25, 0.3) is 0 Å². The number of carbonyl (C=O) groups is 1. The van der Waals surface area contributed by atoms with Crippen LogP contribution in [0.1, 0.15) is 0 Å². The van der Waals surface area contributed by atoms with Gasteiger partial charge in [0.05, 0.1) is 22.6 Å². The Morgan fingerprint density at radius 2 is 1.84 bits per heavy atom. The van der Waals surface area contributed by atoms with E-state index in [9.17, 15) is 4.79 Å². The first-order chi connectivity index (χ1) is 9.27. The van der Waals surface area contributed by atoms with Crippen molar-refractivity contribution < 1.29 is 4.79 Å². The number of anilines is 2. The number of urea groups is 1. The van der Waals surface area contributed by atoms with Gasteiger partial charge < -0.3 is 0 Å². The van der Waals surface area contributed by atoms with Crippen molar-refractivity contribution in [3.05, 3.63) is 53.8 Å². The van der Waals surface area contributed by atoms with Crippen LogP contribution in [-0.4, -0.2) is 24.1 Å². The monoisotopic (exact) mass is 273 g/mol. The Bertz CT molecular complexity index is 603. The van der Waals surface area contributed by atoms with Gasteiger partial charge in [0.2, 0.25) is 0 Å². The Hall–Kier alpha value is -2.07. The molecule has 19 heavy (non-hydrogen) atoms. The van der Waals surface area contributed by atoms with E-state index >= 15 is 0 Å². The SMILES string of the molecule is O=C1N(c2cccnc2)CCN1c1ccccc1Cl. The highest BCUT2D eigenvalue weighted by molar-refractivity contribution is 6.34. The number of hydrogen-bond donors (Lipinski definition) is 0. The van der Waals surface area contributed by atoms with Crippen LogP contribution >= 0.6 is 11.6 Å². The zero-order chi connectivity index (χ0) is 13.2. The molecule has 1 aromatic heterocycles. The van der Waals surface area contributed by atoms with Gasteiger partial charge in [-0.15, -0.1) is 0 Å². The molecule has 0 spiro atoms. The van der Waals surface area contributed by atoms with Gasteiger partial charge in [-0.25, -0.2) is 4.79 Å². The van der Waals surface area contributed by atoms with Gasteiger partial charge in [0.15, 0.2) is 0 Å². The van der Waals surface area contributed by atoms with Gasteiger partial charge in [-0.2, -0.15) is 0 Å². The molecule has 1 fully saturated rings. The summed E-state index contributed by atoms with van der Waals surface area (Å²) < 4.78 is 0. The van der Waals surface area contributed by atoms with E-state index in [-0.39, 0.29) is 6.03 Å². The zero-order valence-electron chi connectivity index (χ0n) is 10.2. The molecule has 2 aromatic rings. The average molecular weight is 274 g/mol. The number of para-hydroxylation sites is 1. The number of rotatable bonds is 2. The summed E-state index contributed by atoms with van der Waals surface area (Å²) in [6.07, 6.45) is 3.38. The fourth-order valence-corrected chi connectivity index (χ4v) is 2.42. The van der Waals surface area contributed by atoms with Crippen LogP contribution in [0.25, 0.3) is 0 Å². The van der Waals surface area contributed by atoms with Crippen LogP contribution in [0.4, 0.5) is 16.2 Å². The number of halogens is 1. The lowest BCUT2D eigenvalue weighted by atomic mass is 10.3. The van der Waals surface area contributed by atoms with Crippen LogP contribution in [0, 0.1) is 0 Å². The molecule has 0 atom stereocenters. The van der Waals surface area contributed by atoms with Crippen molar-refractivity contribution in [3.63, 3.8) is 0 Å². The molecule has 1 saturated heterocycles. The number of aromatic nitrogens is 1. The van der Waals surface area contributed by atoms with Gasteiger partial charge in [0.1, 0.15) is 0 Å². The van der Waals surface area contributed by atoms with Crippen LogP contribution in [0.3, 0.4) is 0 Å². The topological polar surface area (TPSA) is 36.4 Å². The number of carbonyl (C=O) groups excluding carboxylic acids is 1. The molecular formula is C14H12ClN3O. The van der Waals surface area contributed by atoms with Crippen LogP contribution in [0.15, 0.2) is 48.8 Å². The summed E-state index contributed by atoms with van der Waals surface area (Å²) in [4.78, 5) is 19.9. The van der Waals surface area contributed by atoms with Crippen LogP contribution in [-0.2, 0) is 0 Å². The van der Waals surface area contributed by atoms with E-state index < -0.39 is 0 Å². The largest absolute Gasteiger partial charge is 0.329 e. The standard InChI is InChI=1S/C14H12ClN3O/c15-12-5-1-2-6-13(12)18-9-8-17(14(18)19)11-4-3-7-16-10-11/h1-7,10H,8-9H2. The lowest BCUT2D eigenvalue weighted by Crippen LogP contribution is -2.31. The Morgan fingerprint density at radius 3 is 2.58 bits per heavy atom. The second-order valence-corrected chi connectivity index (χ2v) is 4.66. The maximum Gasteiger partial charge on any atom is 0.329 e. The number of amides is 2. The molecule has 5 heteroatoms. The summed E-state index contributed by atoms with van der Waals surface area (Å²) in [5.41, 5.74) is 1.56. The third-order valence-corrected chi connectivity index (χ3v) is 3.43. The third-order valence-electron chi connectivity index (χ3n) is 3.11. The van der Waals surface area contributed by atoms with E-state index in [1.54, 1.807) is 28.3 Å². The predicted molar refractivity (Wildman–Crippen MR) is 75.8 cm³/mol. The molecule has 0 unspecified atom stereocenters. The predicted octanol–water partition coefficient (Wildman–Crippen LogP) is 3.18. The lowest BCUT2D eigenvalue weighted by molar-refractivity contribution is 0.256. The van der Waals surface area contributed by atoms with Gasteiger partial charge >= 0.3 is 6.03 Å². The number of pyridine rings is 1. The fraction of sp³-hybridized carbons (Fsp3) is 0.143. The molecule has 0 saturated carbocycles. The van der Waals surface area contributed by atoms with Crippen molar-refractivity contribution in [2.45, 2.75) is 0 Å². The maximum absolute atomic E-state index is 12.4. The summed E-state index contributed by atoms with van der Waals surface area (Å²) in [5, 5.41) is 0.587. The van der Waals surface area contributed by atoms with Crippen molar-refractivity contribution >= 4 is 29.0 Å². The van der Waals surface area contributed by atoms with Crippen molar-refractivity contribution in [3.8, 4) is 0 Å². The molecule has 1 aliphatic heterocycles. The molecule has 0 aliphatic carbocycles. The number of hydrogen-bond acceptors (Lipinski definition) is 2. The Kier molecular flexibility index (Phi) is 3.09. The molecule has 1 aromatic carbocycles.